The first kappa shape index (κ1) is 14.3. The molecule has 1 aliphatic rings. The van der Waals surface area contributed by atoms with Gasteiger partial charge >= 0.3 is 5.97 Å². The van der Waals surface area contributed by atoms with Crippen LogP contribution < -0.4 is 5.32 Å². The highest BCUT2D eigenvalue weighted by Crippen LogP contribution is 2.23. The van der Waals surface area contributed by atoms with E-state index in [0.717, 1.165) is 24.0 Å². The van der Waals surface area contributed by atoms with E-state index in [4.69, 9.17) is 5.11 Å². The summed E-state index contributed by atoms with van der Waals surface area (Å²) in [6.07, 6.45) is 5.35. The van der Waals surface area contributed by atoms with Crippen molar-refractivity contribution in [1.29, 1.82) is 0 Å². The number of carboxylic acid groups (broad SMARTS) is 1. The zero-order valence-corrected chi connectivity index (χ0v) is 11.5. The lowest BCUT2D eigenvalue weighted by atomic mass is 9.97. The number of rotatable bonds is 5. The van der Waals surface area contributed by atoms with E-state index in [1.807, 2.05) is 43.3 Å². The molecular weight excluding hydrogens is 254 g/mol. The number of benzene rings is 1. The lowest BCUT2D eigenvalue weighted by molar-refractivity contribution is -0.137. The summed E-state index contributed by atoms with van der Waals surface area (Å²) in [4.78, 5) is 23.2. The molecule has 0 fully saturated rings. The number of hydrogen-bond donors (Lipinski definition) is 2. The average Bonchev–Trinajstić information content (AvgIpc) is 2.92. The van der Waals surface area contributed by atoms with Crippen LogP contribution in [-0.2, 0) is 9.59 Å². The predicted octanol–water partition coefficient (Wildman–Crippen LogP) is 2.59. The molecule has 4 nitrogen and oxygen atoms in total. The Labute approximate surface area is 118 Å². The van der Waals surface area contributed by atoms with Gasteiger partial charge in [0.15, 0.2) is 0 Å². The van der Waals surface area contributed by atoms with Crippen molar-refractivity contribution in [2.24, 2.45) is 5.92 Å². The third-order valence-corrected chi connectivity index (χ3v) is 3.64. The Morgan fingerprint density at radius 3 is 2.55 bits per heavy atom. The SMILES string of the molecule is Cc1ccccc1[C@H](CC(=O)O)NC(=O)C1CC=CC1. The fraction of sp³-hybridized carbons (Fsp3) is 0.375. The highest BCUT2D eigenvalue weighted by molar-refractivity contribution is 5.80. The lowest BCUT2D eigenvalue weighted by Crippen LogP contribution is -2.34. The van der Waals surface area contributed by atoms with Gasteiger partial charge < -0.3 is 10.4 Å². The number of allylic oxidation sites excluding steroid dienone is 2. The lowest BCUT2D eigenvalue weighted by Gasteiger charge is -2.21. The molecule has 0 heterocycles. The van der Waals surface area contributed by atoms with E-state index >= 15 is 0 Å². The first-order valence-corrected chi connectivity index (χ1v) is 6.80. The van der Waals surface area contributed by atoms with E-state index in [9.17, 15) is 9.59 Å². The van der Waals surface area contributed by atoms with Gasteiger partial charge in [0, 0.05) is 5.92 Å². The number of carboxylic acids is 1. The van der Waals surface area contributed by atoms with Crippen LogP contribution in [0.3, 0.4) is 0 Å². The van der Waals surface area contributed by atoms with Crippen LogP contribution in [-0.4, -0.2) is 17.0 Å². The molecule has 0 radical (unpaired) electrons. The predicted molar refractivity (Wildman–Crippen MR) is 76.2 cm³/mol. The zero-order chi connectivity index (χ0) is 14.5. The highest BCUT2D eigenvalue weighted by atomic mass is 16.4. The minimum Gasteiger partial charge on any atom is -0.481 e. The molecule has 106 valence electrons. The maximum absolute atomic E-state index is 12.2. The molecule has 0 saturated heterocycles. The first-order valence-electron chi connectivity index (χ1n) is 6.80. The molecule has 1 amide bonds. The quantitative estimate of drug-likeness (QED) is 0.810. The zero-order valence-electron chi connectivity index (χ0n) is 11.5. The average molecular weight is 273 g/mol. The summed E-state index contributed by atoms with van der Waals surface area (Å²) in [6, 6.07) is 7.09. The van der Waals surface area contributed by atoms with Gasteiger partial charge in [0.25, 0.3) is 0 Å². The Hall–Kier alpha value is -2.10. The Kier molecular flexibility index (Phi) is 4.56. The molecule has 1 aromatic carbocycles. The van der Waals surface area contributed by atoms with Gasteiger partial charge in [-0.3, -0.25) is 9.59 Å². The molecule has 1 aliphatic carbocycles. The molecular formula is C16H19NO3. The molecule has 1 atom stereocenters. The maximum Gasteiger partial charge on any atom is 0.305 e. The topological polar surface area (TPSA) is 66.4 Å². The van der Waals surface area contributed by atoms with E-state index in [1.54, 1.807) is 0 Å². The van der Waals surface area contributed by atoms with Crippen molar-refractivity contribution < 1.29 is 14.7 Å². The molecule has 0 spiro atoms. The molecule has 0 aromatic heterocycles. The van der Waals surface area contributed by atoms with Crippen LogP contribution in [0.4, 0.5) is 0 Å². The molecule has 0 saturated carbocycles. The van der Waals surface area contributed by atoms with E-state index in [1.165, 1.54) is 0 Å². The molecule has 0 unspecified atom stereocenters. The van der Waals surface area contributed by atoms with E-state index in [2.05, 4.69) is 5.32 Å². The largest absolute Gasteiger partial charge is 0.481 e. The van der Waals surface area contributed by atoms with Crippen molar-refractivity contribution >= 4 is 11.9 Å². The number of carbonyl (C=O) groups excluding carboxylic acids is 1. The molecule has 4 heteroatoms. The van der Waals surface area contributed by atoms with Crippen LogP contribution in [0.2, 0.25) is 0 Å². The molecule has 1 aromatic rings. The smallest absolute Gasteiger partial charge is 0.305 e. The standard InChI is InChI=1S/C16H19NO3/c1-11-6-2-5-9-13(11)14(10-15(18)19)17-16(20)12-7-3-4-8-12/h2-6,9,12,14H,7-8,10H2,1H3,(H,17,20)(H,18,19)/t14-/m0/s1. The van der Waals surface area contributed by atoms with Gasteiger partial charge in [-0.1, -0.05) is 36.4 Å². The van der Waals surface area contributed by atoms with Crippen LogP contribution in [0.25, 0.3) is 0 Å². The number of hydrogen-bond acceptors (Lipinski definition) is 2. The Morgan fingerprint density at radius 2 is 1.95 bits per heavy atom. The fourth-order valence-electron chi connectivity index (χ4n) is 2.51. The Balaban J connectivity index is 2.13. The molecule has 20 heavy (non-hydrogen) atoms. The maximum atomic E-state index is 12.2. The van der Waals surface area contributed by atoms with Gasteiger partial charge in [0.1, 0.15) is 0 Å². The van der Waals surface area contributed by atoms with Crippen LogP contribution in [0.1, 0.15) is 36.4 Å². The van der Waals surface area contributed by atoms with Crippen molar-refractivity contribution in [2.45, 2.75) is 32.2 Å². The van der Waals surface area contributed by atoms with Gasteiger partial charge in [-0.15, -0.1) is 0 Å². The summed E-state index contributed by atoms with van der Waals surface area (Å²) >= 11 is 0. The summed E-state index contributed by atoms with van der Waals surface area (Å²) in [5.41, 5.74) is 1.86. The Morgan fingerprint density at radius 1 is 1.30 bits per heavy atom. The molecule has 0 aliphatic heterocycles. The number of aliphatic carboxylic acids is 1. The van der Waals surface area contributed by atoms with Crippen LogP contribution in [0, 0.1) is 12.8 Å². The summed E-state index contributed by atoms with van der Waals surface area (Å²) in [5.74, 6) is -1.04. The number of nitrogens with one attached hydrogen (secondary N) is 1. The Bertz CT molecular complexity index is 528. The molecule has 0 bridgehead atoms. The second-order valence-electron chi connectivity index (χ2n) is 5.16. The third kappa shape index (κ3) is 3.47. The molecule has 2 N–H and O–H groups in total. The minimum atomic E-state index is -0.914. The van der Waals surface area contributed by atoms with Crippen LogP contribution >= 0.6 is 0 Å². The van der Waals surface area contributed by atoms with Gasteiger partial charge in [-0.2, -0.15) is 0 Å². The van der Waals surface area contributed by atoms with Gasteiger partial charge in [-0.25, -0.2) is 0 Å². The number of aryl methyl sites for hydroxylation is 1. The van der Waals surface area contributed by atoms with Crippen LogP contribution in [0.15, 0.2) is 36.4 Å². The van der Waals surface area contributed by atoms with Crippen molar-refractivity contribution in [3.8, 4) is 0 Å². The second-order valence-corrected chi connectivity index (χ2v) is 5.16. The highest BCUT2D eigenvalue weighted by Gasteiger charge is 2.24. The number of amides is 1. The van der Waals surface area contributed by atoms with Crippen molar-refractivity contribution in [2.75, 3.05) is 0 Å². The molecule has 2 rings (SSSR count). The van der Waals surface area contributed by atoms with Crippen molar-refractivity contribution in [1.82, 2.24) is 5.32 Å². The van der Waals surface area contributed by atoms with Gasteiger partial charge in [0.2, 0.25) is 5.91 Å². The van der Waals surface area contributed by atoms with E-state index < -0.39 is 12.0 Å². The van der Waals surface area contributed by atoms with Crippen molar-refractivity contribution in [3.63, 3.8) is 0 Å². The number of carbonyl (C=O) groups is 2. The fourth-order valence-corrected chi connectivity index (χ4v) is 2.51. The minimum absolute atomic E-state index is 0.0599. The summed E-state index contributed by atoms with van der Waals surface area (Å²) < 4.78 is 0. The van der Waals surface area contributed by atoms with E-state index in [-0.39, 0.29) is 18.2 Å². The summed E-state index contributed by atoms with van der Waals surface area (Å²) in [5, 5.41) is 11.9. The normalized spacial score (nSPS) is 16.1. The first-order chi connectivity index (χ1) is 9.58. The van der Waals surface area contributed by atoms with Gasteiger partial charge in [0.05, 0.1) is 12.5 Å². The second kappa shape index (κ2) is 6.37. The summed E-state index contributed by atoms with van der Waals surface area (Å²) in [6.45, 7) is 1.92. The monoisotopic (exact) mass is 273 g/mol. The summed E-state index contributed by atoms with van der Waals surface area (Å²) in [7, 11) is 0. The van der Waals surface area contributed by atoms with Crippen LogP contribution in [0.5, 0.6) is 0 Å². The van der Waals surface area contributed by atoms with E-state index in [0.29, 0.717) is 0 Å². The third-order valence-electron chi connectivity index (χ3n) is 3.64. The van der Waals surface area contributed by atoms with Crippen molar-refractivity contribution in [3.05, 3.63) is 47.5 Å². The van der Waals surface area contributed by atoms with Gasteiger partial charge in [-0.05, 0) is 30.9 Å².